The molecule has 0 aliphatic heterocycles. The number of hydrogen-bond acceptors (Lipinski definition) is 6. The average molecular weight is 398 g/mol. The van der Waals surface area contributed by atoms with Crippen LogP contribution in [0.15, 0.2) is 59.0 Å². The summed E-state index contributed by atoms with van der Waals surface area (Å²) in [6.45, 7) is 1.31. The molecule has 2 aromatic carbocycles. The molecule has 3 rings (SSSR count). The second-order valence-corrected chi connectivity index (χ2v) is 6.41. The van der Waals surface area contributed by atoms with Gasteiger partial charge in [-0.1, -0.05) is 24.3 Å². The molecule has 0 aliphatic carbocycles. The van der Waals surface area contributed by atoms with Gasteiger partial charge in [0, 0.05) is 12.3 Å². The van der Waals surface area contributed by atoms with Crippen LogP contribution in [-0.2, 0) is 4.79 Å². The van der Waals surface area contributed by atoms with Gasteiger partial charge in [-0.05, 0) is 24.3 Å². The van der Waals surface area contributed by atoms with E-state index in [1.54, 1.807) is 23.6 Å². The molecule has 2 N–H and O–H groups in total. The second-order valence-electron chi connectivity index (χ2n) is 5.58. The number of carbonyl (C=O) groups excluding carboxylic acids is 2. The summed E-state index contributed by atoms with van der Waals surface area (Å²) >= 11 is 1.13. The summed E-state index contributed by atoms with van der Waals surface area (Å²) in [7, 11) is 0. The van der Waals surface area contributed by atoms with Crippen LogP contribution < -0.4 is 10.3 Å². The highest BCUT2D eigenvalue weighted by molar-refractivity contribution is 7.14. The van der Waals surface area contributed by atoms with Crippen molar-refractivity contribution in [1.29, 1.82) is 0 Å². The number of rotatable bonds is 5. The fourth-order valence-corrected chi connectivity index (χ4v) is 3.19. The lowest BCUT2D eigenvalue weighted by molar-refractivity contribution is -0.115. The number of carbonyl (C=O) groups is 2. The van der Waals surface area contributed by atoms with Gasteiger partial charge < -0.3 is 5.11 Å². The van der Waals surface area contributed by atoms with E-state index in [9.17, 15) is 19.1 Å². The number of aromatic hydroxyl groups is 1. The van der Waals surface area contributed by atoms with Gasteiger partial charge in [0.1, 0.15) is 11.6 Å². The van der Waals surface area contributed by atoms with E-state index in [1.165, 1.54) is 43.5 Å². The van der Waals surface area contributed by atoms with Crippen molar-refractivity contribution in [2.24, 2.45) is 5.10 Å². The molecule has 0 fully saturated rings. The molecule has 2 amide bonds. The number of para-hydroxylation sites is 2. The molecule has 0 radical (unpaired) electrons. The highest BCUT2D eigenvalue weighted by atomic mass is 32.1. The molecule has 0 bridgehead atoms. The summed E-state index contributed by atoms with van der Waals surface area (Å²) in [5.41, 5.74) is 2.84. The Morgan fingerprint density at radius 1 is 1.21 bits per heavy atom. The number of halogens is 1. The zero-order chi connectivity index (χ0) is 20.1. The molecule has 0 saturated heterocycles. The van der Waals surface area contributed by atoms with E-state index in [2.05, 4.69) is 15.5 Å². The highest BCUT2D eigenvalue weighted by Crippen LogP contribution is 2.30. The Morgan fingerprint density at radius 3 is 2.64 bits per heavy atom. The Kier molecular flexibility index (Phi) is 5.75. The number of hydrazone groups is 1. The van der Waals surface area contributed by atoms with Gasteiger partial charge >= 0.3 is 0 Å². The maximum atomic E-state index is 14.1. The molecule has 0 spiro atoms. The number of benzene rings is 2. The van der Waals surface area contributed by atoms with Crippen LogP contribution in [0.2, 0.25) is 0 Å². The van der Waals surface area contributed by atoms with Crippen LogP contribution in [0.1, 0.15) is 23.0 Å². The van der Waals surface area contributed by atoms with Crippen molar-refractivity contribution in [3.8, 4) is 5.75 Å². The van der Waals surface area contributed by atoms with Gasteiger partial charge in [0.2, 0.25) is 5.91 Å². The number of thiazole rings is 1. The Hall–Kier alpha value is -3.59. The van der Waals surface area contributed by atoms with Gasteiger partial charge in [-0.2, -0.15) is 5.10 Å². The Labute approximate surface area is 163 Å². The average Bonchev–Trinajstić information content (AvgIpc) is 3.12. The number of nitrogens with zero attached hydrogens (tertiary/aromatic N) is 3. The third-order valence-electron chi connectivity index (χ3n) is 3.62. The van der Waals surface area contributed by atoms with Crippen molar-refractivity contribution >= 4 is 40.2 Å². The SMILES string of the molecule is CC(=O)N(c1nc(/C=N\NC(=O)c2ccccc2O)cs1)c1ccccc1F. The van der Waals surface area contributed by atoms with E-state index in [4.69, 9.17) is 0 Å². The van der Waals surface area contributed by atoms with Crippen LogP contribution in [0, 0.1) is 5.82 Å². The first kappa shape index (κ1) is 19.2. The van der Waals surface area contributed by atoms with Crippen molar-refractivity contribution in [2.75, 3.05) is 4.90 Å². The molecule has 0 unspecified atom stereocenters. The normalized spacial score (nSPS) is 10.8. The molecule has 142 valence electrons. The van der Waals surface area contributed by atoms with Crippen molar-refractivity contribution < 1.29 is 19.1 Å². The lowest BCUT2D eigenvalue weighted by Crippen LogP contribution is -2.23. The number of anilines is 2. The number of hydrogen-bond donors (Lipinski definition) is 2. The van der Waals surface area contributed by atoms with E-state index >= 15 is 0 Å². The largest absolute Gasteiger partial charge is 0.507 e. The Bertz CT molecular complexity index is 1050. The third kappa shape index (κ3) is 4.21. The number of aromatic nitrogens is 1. The smallest absolute Gasteiger partial charge is 0.275 e. The summed E-state index contributed by atoms with van der Waals surface area (Å²) in [5, 5.41) is 15.3. The molecule has 1 aromatic heterocycles. The molecule has 7 nitrogen and oxygen atoms in total. The first-order valence-corrected chi connectivity index (χ1v) is 8.97. The van der Waals surface area contributed by atoms with Crippen LogP contribution in [0.4, 0.5) is 15.2 Å². The molecule has 0 aliphatic rings. The minimum absolute atomic E-state index is 0.0842. The van der Waals surface area contributed by atoms with Gasteiger partial charge in [0.05, 0.1) is 23.2 Å². The summed E-state index contributed by atoms with van der Waals surface area (Å²) in [4.78, 5) is 29.4. The topological polar surface area (TPSA) is 94.9 Å². The number of nitrogens with one attached hydrogen (secondary N) is 1. The minimum atomic E-state index is -0.582. The summed E-state index contributed by atoms with van der Waals surface area (Å²) in [6, 6.07) is 12.0. The zero-order valence-electron chi connectivity index (χ0n) is 14.7. The highest BCUT2D eigenvalue weighted by Gasteiger charge is 2.20. The van der Waals surface area contributed by atoms with Gasteiger partial charge in [0.15, 0.2) is 5.13 Å². The van der Waals surface area contributed by atoms with Gasteiger partial charge in [0.25, 0.3) is 5.91 Å². The fraction of sp³-hybridized carbons (Fsp3) is 0.0526. The monoisotopic (exact) mass is 398 g/mol. The van der Waals surface area contributed by atoms with E-state index in [0.717, 1.165) is 16.2 Å². The standard InChI is InChI=1S/C19H15FN4O3S/c1-12(25)24(16-8-4-3-7-15(16)20)19-22-13(11-28-19)10-21-23-18(27)14-6-2-5-9-17(14)26/h2-11,26H,1H3,(H,23,27)/b21-10-. The van der Waals surface area contributed by atoms with E-state index in [0.29, 0.717) is 5.69 Å². The van der Waals surface area contributed by atoms with Crippen molar-refractivity contribution in [3.63, 3.8) is 0 Å². The molecule has 1 heterocycles. The quantitative estimate of drug-likeness (QED) is 0.508. The van der Waals surface area contributed by atoms with E-state index in [1.807, 2.05) is 0 Å². The number of phenols is 1. The lowest BCUT2D eigenvalue weighted by atomic mass is 10.2. The fourth-order valence-electron chi connectivity index (χ4n) is 2.36. The number of amides is 2. The predicted molar refractivity (Wildman–Crippen MR) is 105 cm³/mol. The molecule has 0 atom stereocenters. The van der Waals surface area contributed by atoms with E-state index < -0.39 is 17.6 Å². The minimum Gasteiger partial charge on any atom is -0.507 e. The first-order valence-electron chi connectivity index (χ1n) is 8.09. The van der Waals surface area contributed by atoms with Gasteiger partial charge in [-0.15, -0.1) is 11.3 Å². The molecule has 0 saturated carbocycles. The Morgan fingerprint density at radius 2 is 1.93 bits per heavy atom. The first-order chi connectivity index (χ1) is 13.5. The van der Waals surface area contributed by atoms with Gasteiger partial charge in [-0.25, -0.2) is 14.8 Å². The van der Waals surface area contributed by atoms with Crippen molar-refractivity contribution in [3.05, 3.63) is 71.0 Å². The van der Waals surface area contributed by atoms with Crippen LogP contribution in [0.25, 0.3) is 0 Å². The van der Waals surface area contributed by atoms with Crippen LogP contribution in [-0.4, -0.2) is 28.1 Å². The van der Waals surface area contributed by atoms with E-state index in [-0.39, 0.29) is 22.1 Å². The second kappa shape index (κ2) is 8.40. The van der Waals surface area contributed by atoms with Gasteiger partial charge in [-0.3, -0.25) is 14.5 Å². The van der Waals surface area contributed by atoms with Crippen LogP contribution in [0.5, 0.6) is 5.75 Å². The molecular formula is C19H15FN4O3S. The summed E-state index contributed by atoms with van der Waals surface area (Å²) in [6.07, 6.45) is 1.29. The van der Waals surface area contributed by atoms with Crippen LogP contribution in [0.3, 0.4) is 0 Å². The van der Waals surface area contributed by atoms with Crippen molar-refractivity contribution in [1.82, 2.24) is 10.4 Å². The van der Waals surface area contributed by atoms with Crippen LogP contribution >= 0.6 is 11.3 Å². The summed E-state index contributed by atoms with van der Waals surface area (Å²) < 4.78 is 14.1. The zero-order valence-corrected chi connectivity index (χ0v) is 15.5. The molecule has 3 aromatic rings. The third-order valence-corrected chi connectivity index (χ3v) is 4.46. The summed E-state index contributed by atoms with van der Waals surface area (Å²) in [5.74, 6) is -1.68. The van der Waals surface area contributed by atoms with Crippen molar-refractivity contribution in [2.45, 2.75) is 6.92 Å². The number of phenolic OH excluding ortho intramolecular Hbond substituents is 1. The maximum absolute atomic E-state index is 14.1. The lowest BCUT2D eigenvalue weighted by Gasteiger charge is -2.18. The Balaban J connectivity index is 1.75. The molecular weight excluding hydrogens is 383 g/mol. The predicted octanol–water partition coefficient (Wildman–Crippen LogP) is 3.44. The molecule has 9 heteroatoms. The molecule has 28 heavy (non-hydrogen) atoms. The maximum Gasteiger partial charge on any atom is 0.275 e.